The molecule has 3 rings (SSSR count). The summed E-state index contributed by atoms with van der Waals surface area (Å²) < 4.78 is 27.2. The Kier molecular flexibility index (Phi) is 6.80. The van der Waals surface area contributed by atoms with Gasteiger partial charge in [-0.1, -0.05) is 52.8 Å². The minimum Gasteiger partial charge on any atom is -0.321 e. The number of benzene rings is 2. The Balaban J connectivity index is 1.91. The third-order valence-electron chi connectivity index (χ3n) is 4.39. The maximum absolute atomic E-state index is 12.9. The maximum Gasteiger partial charge on any atom is 0.257 e. The molecule has 5 nitrogen and oxygen atoms in total. The number of amides is 1. The number of hydrogen-bond donors (Lipinski definition) is 1. The van der Waals surface area contributed by atoms with Gasteiger partial charge in [0.1, 0.15) is 0 Å². The monoisotopic (exact) mass is 480 g/mol. The van der Waals surface area contributed by atoms with E-state index in [0.29, 0.717) is 13.1 Å². The second kappa shape index (κ2) is 8.78. The van der Waals surface area contributed by atoms with Crippen LogP contribution in [-0.2, 0) is 10.0 Å². The lowest BCUT2D eigenvalue weighted by atomic mass is 10.2. The number of carbonyl (C=O) groups is 1. The summed E-state index contributed by atoms with van der Waals surface area (Å²) in [6, 6.07) is 6.87. The van der Waals surface area contributed by atoms with Crippen molar-refractivity contribution in [1.82, 2.24) is 4.31 Å². The van der Waals surface area contributed by atoms with Crippen LogP contribution in [0.25, 0.3) is 0 Å². The van der Waals surface area contributed by atoms with Gasteiger partial charge in [-0.3, -0.25) is 4.79 Å². The van der Waals surface area contributed by atoms with Crippen molar-refractivity contribution in [1.29, 1.82) is 0 Å². The first-order valence-electron chi connectivity index (χ1n) is 8.46. The van der Waals surface area contributed by atoms with E-state index in [1.54, 1.807) is 0 Å². The molecule has 150 valence electrons. The highest BCUT2D eigenvalue weighted by Gasteiger charge is 2.27. The zero-order chi connectivity index (χ0) is 20.5. The van der Waals surface area contributed by atoms with Crippen LogP contribution in [0.1, 0.15) is 29.6 Å². The number of halogens is 4. The molecular weight excluding hydrogens is 466 g/mol. The van der Waals surface area contributed by atoms with Crippen LogP contribution in [0.15, 0.2) is 35.2 Å². The number of hydrogen-bond acceptors (Lipinski definition) is 3. The van der Waals surface area contributed by atoms with E-state index in [0.717, 1.165) is 19.3 Å². The van der Waals surface area contributed by atoms with Crippen LogP contribution in [-0.4, -0.2) is 31.7 Å². The van der Waals surface area contributed by atoms with Crippen LogP contribution >= 0.6 is 46.4 Å². The van der Waals surface area contributed by atoms with E-state index in [-0.39, 0.29) is 36.2 Å². The van der Waals surface area contributed by atoms with Crippen LogP contribution in [0, 0.1) is 0 Å². The average Bonchev–Trinajstić information content (AvgIpc) is 2.67. The highest BCUT2D eigenvalue weighted by atomic mass is 35.5. The second-order valence-corrected chi connectivity index (χ2v) is 9.87. The van der Waals surface area contributed by atoms with Gasteiger partial charge in [-0.05, 0) is 43.2 Å². The van der Waals surface area contributed by atoms with E-state index in [2.05, 4.69) is 5.32 Å². The molecule has 10 heteroatoms. The smallest absolute Gasteiger partial charge is 0.257 e. The van der Waals surface area contributed by atoms with Crippen LogP contribution in [0.2, 0.25) is 20.1 Å². The number of carbonyl (C=O) groups excluding carboxylic acids is 1. The Bertz CT molecular complexity index is 1020. The molecule has 0 atom stereocenters. The Morgan fingerprint density at radius 2 is 1.50 bits per heavy atom. The number of piperidine rings is 1. The second-order valence-electron chi connectivity index (χ2n) is 6.31. The molecule has 1 fully saturated rings. The van der Waals surface area contributed by atoms with E-state index in [1.165, 1.54) is 34.6 Å². The van der Waals surface area contributed by atoms with Gasteiger partial charge in [-0.15, -0.1) is 0 Å². The molecule has 0 aliphatic carbocycles. The molecule has 1 aliphatic rings. The van der Waals surface area contributed by atoms with Gasteiger partial charge in [-0.2, -0.15) is 4.31 Å². The van der Waals surface area contributed by atoms with Crippen LogP contribution in [0.3, 0.4) is 0 Å². The fraction of sp³-hybridized carbons (Fsp3) is 0.278. The minimum absolute atomic E-state index is 0.0156. The van der Waals surface area contributed by atoms with Crippen molar-refractivity contribution in [3.05, 3.63) is 56.0 Å². The first-order chi connectivity index (χ1) is 13.2. The number of anilines is 1. The molecular formula is C18H16Cl4N2O3S. The summed E-state index contributed by atoms with van der Waals surface area (Å²) >= 11 is 24.1. The summed E-state index contributed by atoms with van der Waals surface area (Å²) in [5.41, 5.74) is 0.253. The standard InChI is InChI=1S/C18H16Cl4N2O3S/c19-13-5-4-11(28(26,27)24-6-2-1-3-7-24)8-12(13)18(25)23-17-10-15(21)14(20)9-16(17)22/h4-5,8-10H,1-3,6-7H2,(H,23,25). The summed E-state index contributed by atoms with van der Waals surface area (Å²) in [6.07, 6.45) is 2.64. The molecule has 28 heavy (non-hydrogen) atoms. The lowest BCUT2D eigenvalue weighted by Gasteiger charge is -2.26. The first-order valence-corrected chi connectivity index (χ1v) is 11.4. The molecule has 1 heterocycles. The molecule has 0 spiro atoms. The van der Waals surface area contributed by atoms with Crippen LogP contribution in [0.4, 0.5) is 5.69 Å². The van der Waals surface area contributed by atoms with Gasteiger partial charge in [0, 0.05) is 13.1 Å². The van der Waals surface area contributed by atoms with E-state index in [9.17, 15) is 13.2 Å². The molecule has 2 aromatic carbocycles. The summed E-state index contributed by atoms with van der Waals surface area (Å²) in [5.74, 6) is -0.610. The lowest BCUT2D eigenvalue weighted by Crippen LogP contribution is -2.35. The van der Waals surface area contributed by atoms with Gasteiger partial charge < -0.3 is 5.32 Å². The number of sulfonamides is 1. The predicted octanol–water partition coefficient (Wildman–Crippen LogP) is 5.73. The Hall–Kier alpha value is -1.02. The van der Waals surface area contributed by atoms with E-state index < -0.39 is 15.9 Å². The van der Waals surface area contributed by atoms with Crippen molar-refractivity contribution in [3.8, 4) is 0 Å². The SMILES string of the molecule is O=C(Nc1cc(Cl)c(Cl)cc1Cl)c1cc(S(=O)(=O)N2CCCCC2)ccc1Cl. The number of nitrogens with zero attached hydrogens (tertiary/aromatic N) is 1. The summed E-state index contributed by atoms with van der Waals surface area (Å²) in [4.78, 5) is 12.7. The summed E-state index contributed by atoms with van der Waals surface area (Å²) in [5, 5.41) is 3.36. The maximum atomic E-state index is 12.9. The molecule has 0 aromatic heterocycles. The van der Waals surface area contributed by atoms with Crippen molar-refractivity contribution < 1.29 is 13.2 Å². The molecule has 2 aromatic rings. The Labute approximate surface area is 183 Å². The van der Waals surface area contributed by atoms with Gasteiger partial charge >= 0.3 is 0 Å². The van der Waals surface area contributed by atoms with E-state index in [4.69, 9.17) is 46.4 Å². The Morgan fingerprint density at radius 1 is 0.857 bits per heavy atom. The van der Waals surface area contributed by atoms with Gasteiger partial charge in [-0.25, -0.2) is 8.42 Å². The van der Waals surface area contributed by atoms with E-state index in [1.807, 2.05) is 0 Å². The molecule has 0 radical (unpaired) electrons. The predicted molar refractivity (Wildman–Crippen MR) is 113 cm³/mol. The largest absolute Gasteiger partial charge is 0.321 e. The van der Waals surface area contributed by atoms with Crippen molar-refractivity contribution in [2.24, 2.45) is 0 Å². The van der Waals surface area contributed by atoms with Crippen molar-refractivity contribution >= 4 is 68.0 Å². The Morgan fingerprint density at radius 3 is 2.18 bits per heavy atom. The van der Waals surface area contributed by atoms with Crippen molar-refractivity contribution in [3.63, 3.8) is 0 Å². The molecule has 1 N–H and O–H groups in total. The first kappa shape index (κ1) is 21.7. The highest BCUT2D eigenvalue weighted by Crippen LogP contribution is 2.33. The lowest BCUT2D eigenvalue weighted by molar-refractivity contribution is 0.102. The number of nitrogens with one attached hydrogen (secondary N) is 1. The molecule has 1 aliphatic heterocycles. The fourth-order valence-corrected chi connectivity index (χ4v) is 5.24. The number of rotatable bonds is 4. The summed E-state index contributed by atoms with van der Waals surface area (Å²) in [7, 11) is -3.70. The zero-order valence-corrected chi connectivity index (χ0v) is 18.4. The summed E-state index contributed by atoms with van der Waals surface area (Å²) in [6.45, 7) is 0.927. The van der Waals surface area contributed by atoms with Gasteiger partial charge in [0.05, 0.1) is 36.2 Å². The van der Waals surface area contributed by atoms with Crippen LogP contribution < -0.4 is 5.32 Å². The topological polar surface area (TPSA) is 66.5 Å². The van der Waals surface area contributed by atoms with Gasteiger partial charge in [0.2, 0.25) is 10.0 Å². The fourth-order valence-electron chi connectivity index (χ4n) is 2.90. The average molecular weight is 482 g/mol. The van der Waals surface area contributed by atoms with Gasteiger partial charge in [0.25, 0.3) is 5.91 Å². The molecule has 0 unspecified atom stereocenters. The quantitative estimate of drug-likeness (QED) is 0.567. The molecule has 1 amide bonds. The third kappa shape index (κ3) is 4.58. The third-order valence-corrected chi connectivity index (χ3v) is 7.65. The zero-order valence-electron chi connectivity index (χ0n) is 14.5. The minimum atomic E-state index is -3.70. The highest BCUT2D eigenvalue weighted by molar-refractivity contribution is 7.89. The van der Waals surface area contributed by atoms with Crippen molar-refractivity contribution in [2.45, 2.75) is 24.2 Å². The van der Waals surface area contributed by atoms with Gasteiger partial charge in [0.15, 0.2) is 0 Å². The molecule has 1 saturated heterocycles. The molecule has 0 bridgehead atoms. The van der Waals surface area contributed by atoms with E-state index >= 15 is 0 Å². The molecule has 0 saturated carbocycles. The normalized spacial score (nSPS) is 15.4. The van der Waals surface area contributed by atoms with Crippen molar-refractivity contribution in [2.75, 3.05) is 18.4 Å². The van der Waals surface area contributed by atoms with Crippen LogP contribution in [0.5, 0.6) is 0 Å².